The molecule has 1 rings (SSSR count). The van der Waals surface area contributed by atoms with Crippen molar-refractivity contribution in [2.75, 3.05) is 33.7 Å². The minimum absolute atomic E-state index is 0.192. The number of nitrogens with one attached hydrogen (secondary N) is 1. The first kappa shape index (κ1) is 15.4. The van der Waals surface area contributed by atoms with E-state index in [-0.39, 0.29) is 16.9 Å². The van der Waals surface area contributed by atoms with Gasteiger partial charge in [0.05, 0.1) is 0 Å². The molecule has 5 nitrogen and oxygen atoms in total. The molecule has 0 aromatic carbocycles. The van der Waals surface area contributed by atoms with Crippen molar-refractivity contribution < 1.29 is 4.79 Å². The zero-order valence-corrected chi connectivity index (χ0v) is 12.2. The van der Waals surface area contributed by atoms with Crippen molar-refractivity contribution in [2.45, 2.75) is 20.3 Å². The zero-order valence-electron chi connectivity index (χ0n) is 12.2. The molecule has 0 aliphatic rings. The molecule has 0 unspecified atom stereocenters. The van der Waals surface area contributed by atoms with Gasteiger partial charge in [0.25, 0.3) is 5.91 Å². The van der Waals surface area contributed by atoms with Crippen LogP contribution in [-0.4, -0.2) is 54.4 Å². The van der Waals surface area contributed by atoms with Crippen LogP contribution in [0.3, 0.4) is 0 Å². The Morgan fingerprint density at radius 3 is 2.53 bits per heavy atom. The maximum absolute atomic E-state index is 12.3. The Bertz CT molecular complexity index is 480. The molecule has 0 aliphatic heterocycles. The average Bonchev–Trinajstić information content (AvgIpc) is 2.33. The largest absolute Gasteiger partial charge is 0.364 e. The number of nitrogens with zero attached hydrogens (tertiary/aromatic N) is 2. The first-order valence-electron chi connectivity index (χ1n) is 6.59. The first-order chi connectivity index (χ1) is 8.95. The molecule has 0 saturated heterocycles. The van der Waals surface area contributed by atoms with Crippen LogP contribution in [0.25, 0.3) is 0 Å². The Kier molecular flexibility index (Phi) is 5.76. The van der Waals surface area contributed by atoms with Gasteiger partial charge in [-0.05, 0) is 40.9 Å². The number of aromatic nitrogens is 1. The summed E-state index contributed by atoms with van der Waals surface area (Å²) >= 11 is 0. The van der Waals surface area contributed by atoms with Crippen molar-refractivity contribution in [3.63, 3.8) is 0 Å². The smallest absolute Gasteiger partial charge is 0.259 e. The van der Waals surface area contributed by atoms with Crippen molar-refractivity contribution in [1.29, 1.82) is 0 Å². The van der Waals surface area contributed by atoms with Crippen molar-refractivity contribution in [3.05, 3.63) is 33.7 Å². The van der Waals surface area contributed by atoms with Gasteiger partial charge in [-0.15, -0.1) is 0 Å². The molecule has 1 amide bonds. The van der Waals surface area contributed by atoms with Crippen molar-refractivity contribution in [1.82, 2.24) is 14.8 Å². The summed E-state index contributed by atoms with van der Waals surface area (Å²) in [4.78, 5) is 30.8. The van der Waals surface area contributed by atoms with Gasteiger partial charge in [-0.1, -0.05) is 0 Å². The molecule has 0 bridgehead atoms. The molecular weight excluding hydrogens is 242 g/mol. The molecule has 0 saturated carbocycles. The molecule has 0 atom stereocenters. The summed E-state index contributed by atoms with van der Waals surface area (Å²) in [5.41, 5.74) is 0.766. The number of aryl methyl sites for hydroxylation is 1. The van der Waals surface area contributed by atoms with Crippen LogP contribution in [0.1, 0.15) is 29.4 Å². The molecule has 0 aliphatic carbocycles. The fourth-order valence-corrected chi connectivity index (χ4v) is 1.89. The summed E-state index contributed by atoms with van der Waals surface area (Å²) in [6.45, 7) is 5.93. The Hall–Kier alpha value is -1.62. The first-order valence-corrected chi connectivity index (χ1v) is 6.59. The summed E-state index contributed by atoms with van der Waals surface area (Å²) in [5.74, 6) is -0.192. The number of hydrogen-bond donors (Lipinski definition) is 1. The molecule has 19 heavy (non-hydrogen) atoms. The van der Waals surface area contributed by atoms with Crippen LogP contribution in [-0.2, 0) is 0 Å². The van der Waals surface area contributed by atoms with Crippen LogP contribution >= 0.6 is 0 Å². The third kappa shape index (κ3) is 4.52. The van der Waals surface area contributed by atoms with E-state index in [1.807, 2.05) is 21.0 Å². The Morgan fingerprint density at radius 1 is 1.32 bits per heavy atom. The highest BCUT2D eigenvalue weighted by Gasteiger charge is 2.16. The van der Waals surface area contributed by atoms with E-state index in [1.54, 1.807) is 11.8 Å². The van der Waals surface area contributed by atoms with Gasteiger partial charge in [-0.25, -0.2) is 0 Å². The van der Waals surface area contributed by atoms with Gasteiger partial charge >= 0.3 is 0 Å². The topological polar surface area (TPSA) is 56.4 Å². The van der Waals surface area contributed by atoms with Gasteiger partial charge < -0.3 is 14.8 Å². The van der Waals surface area contributed by atoms with Crippen LogP contribution < -0.4 is 5.43 Å². The molecule has 5 heteroatoms. The maximum atomic E-state index is 12.3. The Labute approximate surface area is 114 Å². The lowest BCUT2D eigenvalue weighted by Crippen LogP contribution is -2.36. The Morgan fingerprint density at radius 2 is 2.00 bits per heavy atom. The molecule has 1 aromatic heterocycles. The number of pyridine rings is 1. The molecule has 0 spiro atoms. The van der Waals surface area contributed by atoms with Gasteiger partial charge in [0.1, 0.15) is 5.56 Å². The second-order valence-corrected chi connectivity index (χ2v) is 4.94. The molecular formula is C14H23N3O2. The van der Waals surface area contributed by atoms with Crippen LogP contribution in [0.15, 0.2) is 17.1 Å². The van der Waals surface area contributed by atoms with Gasteiger partial charge in [0, 0.05) is 31.0 Å². The quantitative estimate of drug-likeness (QED) is 0.838. The average molecular weight is 265 g/mol. The number of hydrogen-bond acceptors (Lipinski definition) is 3. The molecule has 1 aromatic rings. The SMILES string of the molecule is CCN(CCCN(C)C)C(=O)c1c[nH]c(C)cc1=O. The molecule has 0 radical (unpaired) electrons. The highest BCUT2D eigenvalue weighted by Crippen LogP contribution is 2.01. The van der Waals surface area contributed by atoms with Gasteiger partial charge in [0.2, 0.25) is 0 Å². The number of carbonyl (C=O) groups excluding carboxylic acids is 1. The van der Waals surface area contributed by atoms with E-state index in [1.165, 1.54) is 12.3 Å². The van der Waals surface area contributed by atoms with Crippen molar-refractivity contribution in [3.8, 4) is 0 Å². The fourth-order valence-electron chi connectivity index (χ4n) is 1.89. The van der Waals surface area contributed by atoms with Crippen LogP contribution in [0, 0.1) is 6.92 Å². The lowest BCUT2D eigenvalue weighted by Gasteiger charge is -2.21. The number of rotatable bonds is 6. The van der Waals surface area contributed by atoms with Gasteiger partial charge in [-0.3, -0.25) is 9.59 Å². The summed E-state index contributed by atoms with van der Waals surface area (Å²) < 4.78 is 0. The number of aromatic amines is 1. The second kappa shape index (κ2) is 7.09. The second-order valence-electron chi connectivity index (χ2n) is 4.94. The summed E-state index contributed by atoms with van der Waals surface area (Å²) in [6, 6.07) is 1.46. The maximum Gasteiger partial charge on any atom is 0.259 e. The van der Waals surface area contributed by atoms with E-state index < -0.39 is 0 Å². The number of H-pyrrole nitrogens is 1. The minimum Gasteiger partial charge on any atom is -0.364 e. The van der Waals surface area contributed by atoms with E-state index in [2.05, 4.69) is 9.88 Å². The lowest BCUT2D eigenvalue weighted by molar-refractivity contribution is 0.0757. The highest BCUT2D eigenvalue weighted by atomic mass is 16.2. The summed E-state index contributed by atoms with van der Waals surface area (Å²) in [6.07, 6.45) is 2.41. The van der Waals surface area contributed by atoms with E-state index in [0.29, 0.717) is 13.1 Å². The standard InChI is InChI=1S/C14H23N3O2/c1-5-17(8-6-7-16(3)4)14(19)12-10-15-11(2)9-13(12)18/h9-10H,5-8H2,1-4H3,(H,15,18). The normalized spacial score (nSPS) is 10.8. The van der Waals surface area contributed by atoms with Crippen LogP contribution in [0.2, 0.25) is 0 Å². The van der Waals surface area contributed by atoms with Crippen LogP contribution in [0.4, 0.5) is 0 Å². The minimum atomic E-state index is -0.215. The third-order valence-corrected chi connectivity index (χ3v) is 2.99. The van der Waals surface area contributed by atoms with E-state index in [4.69, 9.17) is 0 Å². The molecule has 1 heterocycles. The highest BCUT2D eigenvalue weighted by molar-refractivity contribution is 5.93. The summed E-state index contributed by atoms with van der Waals surface area (Å²) in [5, 5.41) is 0. The predicted molar refractivity (Wildman–Crippen MR) is 76.5 cm³/mol. The zero-order chi connectivity index (χ0) is 14.4. The van der Waals surface area contributed by atoms with Crippen molar-refractivity contribution >= 4 is 5.91 Å². The van der Waals surface area contributed by atoms with Gasteiger partial charge in [0.15, 0.2) is 5.43 Å². The third-order valence-electron chi connectivity index (χ3n) is 2.99. The van der Waals surface area contributed by atoms with E-state index in [9.17, 15) is 9.59 Å². The molecule has 1 N–H and O–H groups in total. The number of carbonyl (C=O) groups is 1. The number of amides is 1. The van der Waals surface area contributed by atoms with E-state index in [0.717, 1.165) is 18.7 Å². The Balaban J connectivity index is 2.75. The molecule has 0 fully saturated rings. The fraction of sp³-hybridized carbons (Fsp3) is 0.571. The molecule has 106 valence electrons. The lowest BCUT2D eigenvalue weighted by atomic mass is 10.2. The van der Waals surface area contributed by atoms with Gasteiger partial charge in [-0.2, -0.15) is 0 Å². The van der Waals surface area contributed by atoms with Crippen LogP contribution in [0.5, 0.6) is 0 Å². The van der Waals surface area contributed by atoms with E-state index >= 15 is 0 Å². The van der Waals surface area contributed by atoms with Crippen molar-refractivity contribution in [2.24, 2.45) is 0 Å². The monoisotopic (exact) mass is 265 g/mol. The predicted octanol–water partition coefficient (Wildman–Crippen LogP) is 1.10. The summed E-state index contributed by atoms with van der Waals surface area (Å²) in [7, 11) is 4.01.